The van der Waals surface area contributed by atoms with Crippen molar-refractivity contribution in [1.82, 2.24) is 15.5 Å². The van der Waals surface area contributed by atoms with Gasteiger partial charge in [-0.2, -0.15) is 0 Å². The Morgan fingerprint density at radius 2 is 2.33 bits per heavy atom. The van der Waals surface area contributed by atoms with Crippen LogP contribution in [-0.4, -0.2) is 64.4 Å². The second-order valence-electron chi connectivity index (χ2n) is 4.29. The third kappa shape index (κ3) is 6.10. The molecule has 0 aromatic heterocycles. The minimum absolute atomic E-state index is 0.703. The number of methoxy groups -OCH3 is 1. The molecule has 0 radical (unpaired) electrons. The second kappa shape index (κ2) is 8.05. The number of ether oxygens (including phenoxy) is 1. The number of nitrogens with one attached hydrogen (secondary N) is 2. The predicted molar refractivity (Wildman–Crippen MR) is 63.3 cm³/mol. The van der Waals surface area contributed by atoms with Crippen molar-refractivity contribution < 1.29 is 4.74 Å². The van der Waals surface area contributed by atoms with E-state index in [9.17, 15) is 0 Å². The Morgan fingerprint density at radius 3 is 3.00 bits per heavy atom. The van der Waals surface area contributed by atoms with E-state index in [-0.39, 0.29) is 0 Å². The molecular weight excluding hydrogens is 190 g/mol. The number of likely N-dealkylation sites (N-methyl/N-ethyl adjacent to an activating group) is 1. The summed E-state index contributed by atoms with van der Waals surface area (Å²) in [7, 11) is 3.88. The van der Waals surface area contributed by atoms with Gasteiger partial charge in [0.1, 0.15) is 0 Å². The molecule has 0 saturated carbocycles. The van der Waals surface area contributed by atoms with Crippen LogP contribution < -0.4 is 10.6 Å². The highest BCUT2D eigenvalue weighted by Crippen LogP contribution is 2.02. The Hall–Kier alpha value is -0.160. The summed E-state index contributed by atoms with van der Waals surface area (Å²) in [4.78, 5) is 2.29. The van der Waals surface area contributed by atoms with Crippen molar-refractivity contribution in [2.24, 2.45) is 0 Å². The van der Waals surface area contributed by atoms with Crippen molar-refractivity contribution in [1.29, 1.82) is 0 Å². The fourth-order valence-electron chi connectivity index (χ4n) is 1.84. The lowest BCUT2D eigenvalue weighted by atomic mass is 10.2. The predicted octanol–water partition coefficient (Wildman–Crippen LogP) is -0.0938. The van der Waals surface area contributed by atoms with E-state index in [4.69, 9.17) is 4.74 Å². The molecule has 0 aromatic rings. The number of rotatable bonds is 8. The van der Waals surface area contributed by atoms with Crippen molar-refractivity contribution >= 4 is 0 Å². The van der Waals surface area contributed by atoms with Gasteiger partial charge in [0.25, 0.3) is 0 Å². The Morgan fingerprint density at radius 1 is 1.47 bits per heavy atom. The molecule has 0 aliphatic carbocycles. The average Bonchev–Trinajstić information content (AvgIpc) is 2.74. The van der Waals surface area contributed by atoms with Crippen LogP contribution in [0, 0.1) is 0 Å². The number of hydrogen-bond acceptors (Lipinski definition) is 4. The molecule has 0 spiro atoms. The lowest BCUT2D eigenvalue weighted by Gasteiger charge is -2.17. The highest BCUT2D eigenvalue weighted by atomic mass is 16.5. The summed E-state index contributed by atoms with van der Waals surface area (Å²) in [5.41, 5.74) is 0. The summed E-state index contributed by atoms with van der Waals surface area (Å²) in [6.07, 6.45) is 2.66. The molecule has 0 amide bonds. The summed E-state index contributed by atoms with van der Waals surface area (Å²) in [5.74, 6) is 0. The zero-order valence-corrected chi connectivity index (χ0v) is 10.1. The van der Waals surface area contributed by atoms with Crippen LogP contribution in [0.5, 0.6) is 0 Å². The van der Waals surface area contributed by atoms with Crippen LogP contribution in [0.1, 0.15) is 12.8 Å². The second-order valence-corrected chi connectivity index (χ2v) is 4.29. The van der Waals surface area contributed by atoms with E-state index in [1.807, 2.05) is 0 Å². The van der Waals surface area contributed by atoms with Crippen LogP contribution >= 0.6 is 0 Å². The monoisotopic (exact) mass is 215 g/mol. The van der Waals surface area contributed by atoms with Gasteiger partial charge in [-0.25, -0.2) is 0 Å². The molecule has 1 rings (SSSR count). The Balaban J connectivity index is 1.87. The summed E-state index contributed by atoms with van der Waals surface area (Å²) in [6.45, 7) is 6.30. The third-order valence-corrected chi connectivity index (χ3v) is 2.90. The van der Waals surface area contributed by atoms with E-state index in [0.29, 0.717) is 6.04 Å². The fraction of sp³-hybridized carbons (Fsp3) is 1.00. The quantitative estimate of drug-likeness (QED) is 0.555. The summed E-state index contributed by atoms with van der Waals surface area (Å²) in [6, 6.07) is 0.703. The summed E-state index contributed by atoms with van der Waals surface area (Å²) >= 11 is 0. The first kappa shape index (κ1) is 12.9. The minimum atomic E-state index is 0.703. The maximum absolute atomic E-state index is 5.03. The minimum Gasteiger partial charge on any atom is -0.383 e. The van der Waals surface area contributed by atoms with E-state index in [2.05, 4.69) is 22.6 Å². The molecule has 1 unspecified atom stereocenters. The van der Waals surface area contributed by atoms with Gasteiger partial charge in [-0.05, 0) is 26.4 Å². The Labute approximate surface area is 93.4 Å². The molecule has 1 aliphatic rings. The molecule has 4 nitrogen and oxygen atoms in total. The number of hydrogen-bond donors (Lipinski definition) is 2. The van der Waals surface area contributed by atoms with Gasteiger partial charge in [0.05, 0.1) is 6.61 Å². The van der Waals surface area contributed by atoms with E-state index in [0.717, 1.165) is 32.8 Å². The molecule has 1 saturated heterocycles. The van der Waals surface area contributed by atoms with Gasteiger partial charge < -0.3 is 20.3 Å². The normalized spacial score (nSPS) is 21.4. The molecule has 0 aromatic carbocycles. The molecule has 2 N–H and O–H groups in total. The first-order chi connectivity index (χ1) is 7.33. The van der Waals surface area contributed by atoms with Gasteiger partial charge in [-0.15, -0.1) is 0 Å². The van der Waals surface area contributed by atoms with Crippen LogP contribution in [0.2, 0.25) is 0 Å². The maximum atomic E-state index is 5.03. The summed E-state index contributed by atoms with van der Waals surface area (Å²) < 4.78 is 5.03. The smallest absolute Gasteiger partial charge is 0.0589 e. The van der Waals surface area contributed by atoms with Crippen LogP contribution in [-0.2, 0) is 4.74 Å². The molecular formula is C11H25N3O. The molecule has 4 heteroatoms. The van der Waals surface area contributed by atoms with Gasteiger partial charge in [0.15, 0.2) is 0 Å². The maximum Gasteiger partial charge on any atom is 0.0589 e. The first-order valence-electron chi connectivity index (χ1n) is 5.94. The van der Waals surface area contributed by atoms with Gasteiger partial charge in [0.2, 0.25) is 0 Å². The highest BCUT2D eigenvalue weighted by molar-refractivity contribution is 4.76. The highest BCUT2D eigenvalue weighted by Gasteiger charge is 2.12. The van der Waals surface area contributed by atoms with Gasteiger partial charge in [-0.1, -0.05) is 0 Å². The topological polar surface area (TPSA) is 36.5 Å². The molecule has 1 atom stereocenters. The Kier molecular flexibility index (Phi) is 6.92. The summed E-state index contributed by atoms with van der Waals surface area (Å²) in [5, 5.41) is 6.97. The lowest BCUT2D eigenvalue weighted by molar-refractivity contribution is 0.161. The SMILES string of the molecule is COCCN(C)CCNCC1CCCN1. The van der Waals surface area contributed by atoms with E-state index in [1.165, 1.54) is 19.4 Å². The molecule has 1 fully saturated rings. The zero-order chi connectivity index (χ0) is 10.9. The van der Waals surface area contributed by atoms with Crippen molar-refractivity contribution in [3.63, 3.8) is 0 Å². The van der Waals surface area contributed by atoms with Crippen LogP contribution in [0.3, 0.4) is 0 Å². The van der Waals surface area contributed by atoms with Gasteiger partial charge >= 0.3 is 0 Å². The zero-order valence-electron chi connectivity index (χ0n) is 10.1. The van der Waals surface area contributed by atoms with Gasteiger partial charge in [0, 0.05) is 39.3 Å². The van der Waals surface area contributed by atoms with Gasteiger partial charge in [-0.3, -0.25) is 0 Å². The fourth-order valence-corrected chi connectivity index (χ4v) is 1.84. The molecule has 1 aliphatic heterocycles. The lowest BCUT2D eigenvalue weighted by Crippen LogP contribution is -2.38. The average molecular weight is 215 g/mol. The van der Waals surface area contributed by atoms with Crippen molar-refractivity contribution in [2.45, 2.75) is 18.9 Å². The first-order valence-corrected chi connectivity index (χ1v) is 5.94. The van der Waals surface area contributed by atoms with Crippen LogP contribution in [0.4, 0.5) is 0 Å². The van der Waals surface area contributed by atoms with Crippen molar-refractivity contribution in [3.8, 4) is 0 Å². The third-order valence-electron chi connectivity index (χ3n) is 2.90. The van der Waals surface area contributed by atoms with E-state index < -0.39 is 0 Å². The molecule has 90 valence electrons. The standard InChI is InChI=1S/C11H25N3O/c1-14(8-9-15-2)7-6-12-10-11-4-3-5-13-11/h11-13H,3-10H2,1-2H3. The van der Waals surface area contributed by atoms with Crippen molar-refractivity contribution in [3.05, 3.63) is 0 Å². The number of nitrogens with zero attached hydrogens (tertiary/aromatic N) is 1. The molecule has 0 bridgehead atoms. The molecule has 15 heavy (non-hydrogen) atoms. The van der Waals surface area contributed by atoms with Crippen LogP contribution in [0.15, 0.2) is 0 Å². The molecule has 1 heterocycles. The van der Waals surface area contributed by atoms with Crippen molar-refractivity contribution in [2.75, 3.05) is 53.5 Å². The van der Waals surface area contributed by atoms with E-state index in [1.54, 1.807) is 7.11 Å². The Bertz CT molecular complexity index is 149. The van der Waals surface area contributed by atoms with Crippen LogP contribution in [0.25, 0.3) is 0 Å². The van der Waals surface area contributed by atoms with E-state index >= 15 is 0 Å². The largest absolute Gasteiger partial charge is 0.383 e.